The van der Waals surface area contributed by atoms with Crippen LogP contribution in [0.1, 0.15) is 0 Å². The van der Waals surface area contributed by atoms with Crippen LogP contribution >= 0.6 is 0 Å². The van der Waals surface area contributed by atoms with E-state index in [-0.39, 0.29) is 64.9 Å². The summed E-state index contributed by atoms with van der Waals surface area (Å²) in [7, 11) is 0. The van der Waals surface area contributed by atoms with Gasteiger partial charge in [-0.3, -0.25) is 0 Å². The maximum Gasteiger partial charge on any atom is 1.00 e. The largest absolute Gasteiger partial charge is 1.00 e. The summed E-state index contributed by atoms with van der Waals surface area (Å²) in [6.45, 7) is 0. The van der Waals surface area contributed by atoms with E-state index >= 15 is 0 Å². The van der Waals surface area contributed by atoms with Gasteiger partial charge in [0.15, 0.2) is 0 Å². The molecule has 3 heteroatoms. The van der Waals surface area contributed by atoms with E-state index in [9.17, 15) is 5.11 Å². The number of benzene rings is 1. The number of para-hydroxylation sites is 1. The first-order chi connectivity index (χ1) is 3.39. The molecule has 0 aliphatic heterocycles. The molecule has 9 heavy (non-hydrogen) atoms. The smallest absolute Gasteiger partial charge is 0.872 e. The molecule has 1 nitrogen and oxygen atoms in total. The molecule has 1 rings (SSSR count). The average molecular weight is 139 g/mol. The zero-order valence-corrected chi connectivity index (χ0v) is 9.79. The Morgan fingerprint density at radius 1 is 1.00 bits per heavy atom. The fourth-order valence-corrected chi connectivity index (χ4v) is 0.420. The second-order valence-electron chi connectivity index (χ2n) is 1.31. The Bertz CT molecular complexity index is 141. The molecule has 37 valence electrons. The van der Waals surface area contributed by atoms with Crippen LogP contribution in [-0.2, 0) is 0 Å². The van der Waals surface area contributed by atoms with Gasteiger partial charge in [-0.25, -0.2) is 0 Å². The second-order valence-corrected chi connectivity index (χ2v) is 1.31. The van der Waals surface area contributed by atoms with Crippen LogP contribution < -0.4 is 34.7 Å². The van der Waals surface area contributed by atoms with Crippen molar-refractivity contribution >= 4 is 29.6 Å². The van der Waals surface area contributed by atoms with Gasteiger partial charge in [-0.15, -0.1) is 5.75 Å². The topological polar surface area (TPSA) is 23.1 Å². The van der Waals surface area contributed by atoms with E-state index in [0.29, 0.717) is 0 Å². The second kappa shape index (κ2) is 7.13. The summed E-state index contributed by atoms with van der Waals surface area (Å²) in [6, 6.07) is 8.33. The van der Waals surface area contributed by atoms with Gasteiger partial charge in [-0.1, -0.05) is 30.3 Å². The van der Waals surface area contributed by atoms with Crippen LogP contribution in [0.25, 0.3) is 0 Å². The van der Waals surface area contributed by atoms with Gasteiger partial charge in [0.05, 0.1) is 0 Å². The molecule has 0 aliphatic carbocycles. The van der Waals surface area contributed by atoms with Gasteiger partial charge in [0.1, 0.15) is 0 Å². The molecule has 0 saturated heterocycles. The fourth-order valence-electron chi connectivity index (χ4n) is 0.420. The Morgan fingerprint density at radius 2 is 1.44 bits per heavy atom. The van der Waals surface area contributed by atoms with Crippen LogP contribution in [-0.4, -0.2) is 29.6 Å². The molecule has 1 radical (unpaired) electrons. The summed E-state index contributed by atoms with van der Waals surface area (Å²) in [5.41, 5.74) is 0. The van der Waals surface area contributed by atoms with E-state index in [0.717, 1.165) is 0 Å². The quantitative estimate of drug-likeness (QED) is 0.361. The van der Waals surface area contributed by atoms with Gasteiger partial charge in [0.2, 0.25) is 0 Å². The molecule has 0 unspecified atom stereocenters. The third-order valence-corrected chi connectivity index (χ3v) is 0.743. The van der Waals surface area contributed by atoms with Crippen molar-refractivity contribution in [3.8, 4) is 5.75 Å². The predicted molar refractivity (Wildman–Crippen MR) is 31.6 cm³/mol. The molecule has 1 aromatic carbocycles. The molecule has 0 aliphatic rings. The Labute approximate surface area is 99.1 Å². The van der Waals surface area contributed by atoms with E-state index in [4.69, 9.17) is 0 Å². The molecule has 0 N–H and O–H groups in total. The van der Waals surface area contributed by atoms with Gasteiger partial charge in [-0.2, -0.15) is 0 Å². The molecular formula is C6H5Na2O. The molecule has 1 aromatic rings. The Morgan fingerprint density at radius 3 is 1.67 bits per heavy atom. The first-order valence-electron chi connectivity index (χ1n) is 2.11. The summed E-state index contributed by atoms with van der Waals surface area (Å²) < 4.78 is 0. The minimum Gasteiger partial charge on any atom is -0.872 e. The van der Waals surface area contributed by atoms with Crippen LogP contribution in [0.3, 0.4) is 0 Å². The summed E-state index contributed by atoms with van der Waals surface area (Å²) >= 11 is 0. The summed E-state index contributed by atoms with van der Waals surface area (Å²) in [5.74, 6) is 0.0718. The standard InChI is InChI=1S/C6H6O.2Na/c7-6-4-2-1-3-5-6;;/h1-5,7H;;/q;;+1/p-1. The van der Waals surface area contributed by atoms with Crippen LogP contribution in [0.2, 0.25) is 0 Å². The molecule has 0 amide bonds. The molecule has 0 spiro atoms. The first kappa shape index (κ1) is 12.7. The minimum atomic E-state index is 0. The molecule has 0 saturated carbocycles. The van der Waals surface area contributed by atoms with E-state index < -0.39 is 0 Å². The molecule has 0 aromatic heterocycles. The molecule has 0 fully saturated rings. The van der Waals surface area contributed by atoms with Crippen LogP contribution in [0.4, 0.5) is 0 Å². The molecule has 0 bridgehead atoms. The molecular weight excluding hydrogens is 134 g/mol. The van der Waals surface area contributed by atoms with Gasteiger partial charge >= 0.3 is 29.6 Å². The summed E-state index contributed by atoms with van der Waals surface area (Å²) in [5, 5.41) is 10.3. The summed E-state index contributed by atoms with van der Waals surface area (Å²) in [4.78, 5) is 0. The van der Waals surface area contributed by atoms with Gasteiger partial charge < -0.3 is 5.11 Å². The van der Waals surface area contributed by atoms with Crippen molar-refractivity contribution in [1.29, 1.82) is 0 Å². The van der Waals surface area contributed by atoms with Crippen LogP contribution in [0.5, 0.6) is 5.75 Å². The minimum absolute atomic E-state index is 0. The van der Waals surface area contributed by atoms with Gasteiger partial charge in [0, 0.05) is 29.6 Å². The molecule has 0 heterocycles. The maximum absolute atomic E-state index is 10.3. The van der Waals surface area contributed by atoms with E-state index in [1.807, 2.05) is 6.07 Å². The van der Waals surface area contributed by atoms with E-state index in [1.165, 1.54) is 12.1 Å². The normalized spacial score (nSPS) is 6.67. The Hall–Kier alpha value is 1.02. The van der Waals surface area contributed by atoms with Crippen molar-refractivity contribution in [2.45, 2.75) is 0 Å². The van der Waals surface area contributed by atoms with E-state index in [2.05, 4.69) is 0 Å². The number of rotatable bonds is 0. The third-order valence-electron chi connectivity index (χ3n) is 0.743. The zero-order chi connectivity index (χ0) is 5.11. The average Bonchev–Trinajstić information content (AvgIpc) is 1.69. The third kappa shape index (κ3) is 5.46. The van der Waals surface area contributed by atoms with Gasteiger partial charge in [-0.05, 0) is 0 Å². The number of hydrogen-bond acceptors (Lipinski definition) is 1. The van der Waals surface area contributed by atoms with Crippen molar-refractivity contribution in [2.24, 2.45) is 0 Å². The Kier molecular flexibility index (Phi) is 10.0. The Balaban J connectivity index is 0. The monoisotopic (exact) mass is 139 g/mol. The zero-order valence-electron chi connectivity index (χ0n) is 5.79. The van der Waals surface area contributed by atoms with Crippen molar-refractivity contribution in [3.63, 3.8) is 0 Å². The van der Waals surface area contributed by atoms with Crippen LogP contribution in [0.15, 0.2) is 30.3 Å². The SMILES string of the molecule is [Na+].[Na].[O-]c1ccccc1. The van der Waals surface area contributed by atoms with Crippen molar-refractivity contribution in [3.05, 3.63) is 30.3 Å². The van der Waals surface area contributed by atoms with Crippen molar-refractivity contribution in [1.82, 2.24) is 0 Å². The van der Waals surface area contributed by atoms with Gasteiger partial charge in [0.25, 0.3) is 0 Å². The number of hydrogen-bond donors (Lipinski definition) is 0. The maximum atomic E-state index is 10.3. The van der Waals surface area contributed by atoms with Crippen LogP contribution in [0, 0.1) is 0 Å². The molecule has 0 atom stereocenters. The predicted octanol–water partition coefficient (Wildman–Crippen LogP) is -2.62. The summed E-state index contributed by atoms with van der Waals surface area (Å²) in [6.07, 6.45) is 0. The fraction of sp³-hybridized carbons (Fsp3) is 0. The van der Waals surface area contributed by atoms with Crippen molar-refractivity contribution < 1.29 is 34.7 Å². The first-order valence-corrected chi connectivity index (χ1v) is 2.11. The van der Waals surface area contributed by atoms with E-state index in [1.54, 1.807) is 12.1 Å². The van der Waals surface area contributed by atoms with Crippen molar-refractivity contribution in [2.75, 3.05) is 0 Å².